The molecule has 3 aromatic rings. The summed E-state index contributed by atoms with van der Waals surface area (Å²) in [6.07, 6.45) is 4.38. The Bertz CT molecular complexity index is 927. The van der Waals surface area contributed by atoms with Crippen molar-refractivity contribution in [3.05, 3.63) is 54.6 Å². The number of hydrogen-bond donors (Lipinski definition) is 0. The molecular formula is C20H20N4O2. The van der Waals surface area contributed by atoms with Crippen LogP contribution in [0.4, 0.5) is 5.82 Å². The summed E-state index contributed by atoms with van der Waals surface area (Å²) in [6.45, 7) is 3.02. The van der Waals surface area contributed by atoms with Gasteiger partial charge in [0.15, 0.2) is 5.82 Å². The Morgan fingerprint density at radius 1 is 1.08 bits per heavy atom. The fraction of sp³-hybridized carbons (Fsp3) is 0.350. The Balaban J connectivity index is 1.26. The predicted octanol–water partition coefficient (Wildman–Crippen LogP) is 2.68. The van der Waals surface area contributed by atoms with Gasteiger partial charge in [-0.05, 0) is 18.6 Å². The average molecular weight is 348 g/mol. The van der Waals surface area contributed by atoms with Crippen molar-refractivity contribution in [1.82, 2.24) is 15.1 Å². The van der Waals surface area contributed by atoms with Gasteiger partial charge in [0.25, 0.3) is 0 Å². The Labute approximate surface area is 151 Å². The molecule has 0 radical (unpaired) electrons. The molecule has 1 aliphatic carbocycles. The van der Waals surface area contributed by atoms with Gasteiger partial charge in [-0.2, -0.15) is 5.10 Å². The molecule has 1 aromatic carbocycles. The van der Waals surface area contributed by atoms with Crippen molar-refractivity contribution >= 4 is 22.5 Å². The summed E-state index contributed by atoms with van der Waals surface area (Å²) in [5.74, 6) is 2.46. The van der Waals surface area contributed by atoms with Crippen LogP contribution in [-0.2, 0) is 4.79 Å². The number of carbonyl (C=O) groups is 1. The fourth-order valence-corrected chi connectivity index (χ4v) is 3.90. The predicted molar refractivity (Wildman–Crippen MR) is 97.9 cm³/mol. The number of rotatable bonds is 3. The van der Waals surface area contributed by atoms with Crippen molar-refractivity contribution in [2.24, 2.45) is 5.92 Å². The number of furan rings is 1. The molecule has 2 atom stereocenters. The minimum atomic E-state index is 0.0880. The first-order valence-corrected chi connectivity index (χ1v) is 9.09. The highest BCUT2D eigenvalue weighted by molar-refractivity contribution is 5.91. The lowest BCUT2D eigenvalue weighted by Gasteiger charge is -2.35. The molecule has 2 fully saturated rings. The number of benzene rings is 1. The molecule has 1 saturated carbocycles. The van der Waals surface area contributed by atoms with Crippen molar-refractivity contribution in [2.45, 2.75) is 12.3 Å². The van der Waals surface area contributed by atoms with Gasteiger partial charge >= 0.3 is 0 Å². The van der Waals surface area contributed by atoms with Crippen molar-refractivity contribution < 1.29 is 9.21 Å². The number of fused-ring (bicyclic) bond motifs is 1. The zero-order chi connectivity index (χ0) is 17.5. The average Bonchev–Trinajstić information content (AvgIpc) is 3.31. The third-order valence-corrected chi connectivity index (χ3v) is 5.46. The topological polar surface area (TPSA) is 62.5 Å². The second-order valence-corrected chi connectivity index (χ2v) is 7.03. The van der Waals surface area contributed by atoms with Gasteiger partial charge in [-0.25, -0.2) is 0 Å². The zero-order valence-electron chi connectivity index (χ0n) is 14.4. The van der Waals surface area contributed by atoms with Crippen molar-refractivity contribution in [3.63, 3.8) is 0 Å². The molecule has 26 heavy (non-hydrogen) atoms. The fourth-order valence-electron chi connectivity index (χ4n) is 3.90. The van der Waals surface area contributed by atoms with Crippen LogP contribution in [-0.4, -0.2) is 47.2 Å². The third kappa shape index (κ3) is 2.62. The van der Waals surface area contributed by atoms with Gasteiger partial charge in [-0.3, -0.25) is 4.79 Å². The lowest BCUT2D eigenvalue weighted by Crippen LogP contribution is -2.49. The minimum absolute atomic E-state index is 0.0880. The number of hydrogen-bond acceptors (Lipinski definition) is 5. The molecule has 1 saturated heterocycles. The Hall–Kier alpha value is -2.89. The molecule has 1 amide bonds. The largest absolute Gasteiger partial charge is 0.469 e. The van der Waals surface area contributed by atoms with E-state index >= 15 is 0 Å². The lowest BCUT2D eigenvalue weighted by molar-refractivity contribution is -0.133. The van der Waals surface area contributed by atoms with Crippen LogP contribution in [0.15, 0.2) is 53.3 Å². The van der Waals surface area contributed by atoms with E-state index in [0.717, 1.165) is 55.0 Å². The molecule has 132 valence electrons. The maximum Gasteiger partial charge on any atom is 0.226 e. The summed E-state index contributed by atoms with van der Waals surface area (Å²) in [4.78, 5) is 17.0. The lowest BCUT2D eigenvalue weighted by atomic mass is 10.1. The minimum Gasteiger partial charge on any atom is -0.469 e. The number of anilines is 1. The van der Waals surface area contributed by atoms with Gasteiger partial charge in [0.2, 0.25) is 5.91 Å². The second kappa shape index (κ2) is 6.12. The molecule has 2 unspecified atom stereocenters. The molecule has 0 N–H and O–H groups in total. The maximum atomic E-state index is 12.8. The van der Waals surface area contributed by atoms with Gasteiger partial charge in [-0.15, -0.1) is 5.10 Å². The highest BCUT2D eigenvalue weighted by Crippen LogP contribution is 2.48. The highest BCUT2D eigenvalue weighted by Gasteiger charge is 2.47. The van der Waals surface area contributed by atoms with E-state index in [1.807, 2.05) is 29.2 Å². The molecule has 6 nitrogen and oxygen atoms in total. The highest BCUT2D eigenvalue weighted by atomic mass is 16.3. The first-order chi connectivity index (χ1) is 12.8. The molecule has 1 aliphatic heterocycles. The van der Waals surface area contributed by atoms with E-state index in [1.54, 1.807) is 12.5 Å². The molecule has 6 heteroatoms. The summed E-state index contributed by atoms with van der Waals surface area (Å²) in [6, 6.07) is 12.0. The first-order valence-electron chi connectivity index (χ1n) is 9.09. The standard InChI is InChI=1S/C20H20N4O2/c25-20(17-12-16(17)18-6-3-11-26-18)24-9-7-23(8-10-24)19-15-5-2-1-4-14(15)13-21-22-19/h1-6,11,13,16-17H,7-10,12H2. The van der Waals surface area contributed by atoms with Gasteiger partial charge in [0.1, 0.15) is 5.76 Å². The third-order valence-electron chi connectivity index (χ3n) is 5.46. The van der Waals surface area contributed by atoms with Crippen LogP contribution in [0, 0.1) is 5.92 Å². The SMILES string of the molecule is O=C(C1CC1c1ccco1)N1CCN(c2nncc3ccccc23)CC1. The summed E-state index contributed by atoms with van der Waals surface area (Å²) >= 11 is 0. The van der Waals surface area contributed by atoms with Gasteiger partial charge in [0.05, 0.1) is 12.5 Å². The second-order valence-electron chi connectivity index (χ2n) is 7.03. The van der Waals surface area contributed by atoms with E-state index in [1.165, 1.54) is 0 Å². The van der Waals surface area contributed by atoms with Crippen LogP contribution in [0.25, 0.3) is 10.8 Å². The number of carbonyl (C=O) groups excluding carboxylic acids is 1. The molecule has 0 spiro atoms. The van der Waals surface area contributed by atoms with Crippen LogP contribution in [0.2, 0.25) is 0 Å². The van der Waals surface area contributed by atoms with Gasteiger partial charge in [0, 0.05) is 48.8 Å². The van der Waals surface area contributed by atoms with Crippen LogP contribution in [0.3, 0.4) is 0 Å². The molecule has 5 rings (SSSR count). The van der Waals surface area contributed by atoms with E-state index in [0.29, 0.717) is 0 Å². The van der Waals surface area contributed by atoms with E-state index in [2.05, 4.69) is 27.2 Å². The molecule has 3 heterocycles. The molecule has 0 bridgehead atoms. The van der Waals surface area contributed by atoms with E-state index in [-0.39, 0.29) is 17.7 Å². The van der Waals surface area contributed by atoms with Crippen LogP contribution < -0.4 is 4.90 Å². The quantitative estimate of drug-likeness (QED) is 0.728. The van der Waals surface area contributed by atoms with E-state index in [9.17, 15) is 4.79 Å². The maximum absolute atomic E-state index is 12.8. The van der Waals surface area contributed by atoms with Crippen LogP contribution in [0.5, 0.6) is 0 Å². The zero-order valence-corrected chi connectivity index (χ0v) is 14.4. The number of aromatic nitrogens is 2. The normalized spacial score (nSPS) is 22.6. The Morgan fingerprint density at radius 2 is 1.92 bits per heavy atom. The van der Waals surface area contributed by atoms with E-state index in [4.69, 9.17) is 4.42 Å². The van der Waals surface area contributed by atoms with Crippen LogP contribution >= 0.6 is 0 Å². The van der Waals surface area contributed by atoms with Crippen molar-refractivity contribution in [3.8, 4) is 0 Å². The molecular weight excluding hydrogens is 328 g/mol. The summed E-state index contributed by atoms with van der Waals surface area (Å²) in [7, 11) is 0. The number of piperazine rings is 1. The summed E-state index contributed by atoms with van der Waals surface area (Å²) in [5, 5.41) is 10.7. The van der Waals surface area contributed by atoms with Gasteiger partial charge < -0.3 is 14.2 Å². The van der Waals surface area contributed by atoms with E-state index < -0.39 is 0 Å². The first kappa shape index (κ1) is 15.4. The summed E-state index contributed by atoms with van der Waals surface area (Å²) < 4.78 is 5.45. The monoisotopic (exact) mass is 348 g/mol. The number of nitrogens with zero attached hydrogens (tertiary/aromatic N) is 4. The summed E-state index contributed by atoms with van der Waals surface area (Å²) in [5.41, 5.74) is 0. The molecule has 2 aliphatic rings. The smallest absolute Gasteiger partial charge is 0.226 e. The van der Waals surface area contributed by atoms with Crippen molar-refractivity contribution in [2.75, 3.05) is 31.1 Å². The number of amides is 1. The molecule has 2 aromatic heterocycles. The van der Waals surface area contributed by atoms with Gasteiger partial charge in [-0.1, -0.05) is 24.3 Å². The Kier molecular flexibility index (Phi) is 3.62. The Morgan fingerprint density at radius 3 is 2.73 bits per heavy atom. The van der Waals surface area contributed by atoms with Crippen molar-refractivity contribution in [1.29, 1.82) is 0 Å². The van der Waals surface area contributed by atoms with Crippen LogP contribution in [0.1, 0.15) is 18.1 Å².